The number of fused-ring (bicyclic) bond motifs is 1. The highest BCUT2D eigenvalue weighted by atomic mass is 35.5. The number of carboxylic acids is 1. The average Bonchev–Trinajstić information content (AvgIpc) is 3.45. The minimum atomic E-state index is -0.928. The molecule has 2 saturated heterocycles. The maximum Gasteiger partial charge on any atom is 0.346 e. The third kappa shape index (κ3) is 5.72. The monoisotopic (exact) mass is 571 g/mol. The summed E-state index contributed by atoms with van der Waals surface area (Å²) in [4.78, 5) is 26.5. The van der Waals surface area contributed by atoms with Gasteiger partial charge < -0.3 is 24.0 Å². The Morgan fingerprint density at radius 1 is 1.18 bits per heavy atom. The molecule has 2 fully saturated rings. The second-order valence-corrected chi connectivity index (χ2v) is 11.1. The van der Waals surface area contributed by atoms with Crippen molar-refractivity contribution in [2.24, 2.45) is 0 Å². The molecule has 2 aliphatic heterocycles. The maximum absolute atomic E-state index is 14.1. The molecule has 1 unspecified atom stereocenters. The lowest BCUT2D eigenvalue weighted by molar-refractivity contribution is -0.0592. The molecule has 2 aliphatic rings. The number of nitrogens with zero attached hydrogens (tertiary/aromatic N) is 5. The van der Waals surface area contributed by atoms with Crippen molar-refractivity contribution in [3.63, 3.8) is 0 Å². The Kier molecular flexibility index (Phi) is 7.39. The first-order chi connectivity index (χ1) is 18.9. The molecule has 1 atom stereocenters. The van der Waals surface area contributed by atoms with Crippen molar-refractivity contribution in [1.29, 1.82) is 0 Å². The van der Waals surface area contributed by atoms with Gasteiger partial charge in [0.05, 0.1) is 24.7 Å². The lowest BCUT2D eigenvalue weighted by Crippen LogP contribution is -2.46. The number of halogens is 2. The van der Waals surface area contributed by atoms with E-state index in [1.54, 1.807) is 24.3 Å². The molecule has 0 amide bonds. The van der Waals surface area contributed by atoms with Gasteiger partial charge in [-0.05, 0) is 30.7 Å². The number of piperazine rings is 1. The molecule has 6 rings (SSSR count). The molecule has 4 aromatic rings. The van der Waals surface area contributed by atoms with E-state index in [0.29, 0.717) is 34.4 Å². The number of aromatic carboxylic acids is 1. The lowest BCUT2D eigenvalue weighted by atomic mass is 10.2. The summed E-state index contributed by atoms with van der Waals surface area (Å²) in [7, 11) is 0. The van der Waals surface area contributed by atoms with E-state index in [9.17, 15) is 14.3 Å². The van der Waals surface area contributed by atoms with Gasteiger partial charge in [0.2, 0.25) is 5.88 Å². The third-order valence-corrected chi connectivity index (χ3v) is 8.32. The number of anilines is 1. The quantitative estimate of drug-likeness (QED) is 0.310. The third-order valence-electron chi connectivity index (χ3n) is 7.08. The van der Waals surface area contributed by atoms with Gasteiger partial charge in [0.1, 0.15) is 33.8 Å². The number of benzene rings is 1. The standard InChI is InChI=1S/C27H27ClFN5O4S/c28-18-5-4-17(20(29)12-18)16-38-25-3-1-2-23(30-25)33-9-7-32(8-10-33)15-24-31-26-21(13-22(39-26)27(35)36)34(24)14-19-6-11-37-19/h1-5,12-13,19H,6-11,14-16H2,(H,35,36). The van der Waals surface area contributed by atoms with Crippen LogP contribution in [0.4, 0.5) is 10.2 Å². The molecule has 0 bridgehead atoms. The zero-order valence-electron chi connectivity index (χ0n) is 21.1. The van der Waals surface area contributed by atoms with Gasteiger partial charge in [-0.2, -0.15) is 4.98 Å². The van der Waals surface area contributed by atoms with E-state index in [1.807, 2.05) is 12.1 Å². The SMILES string of the molecule is O=C(O)c1cc2c(nc(CN3CCN(c4cccc(OCc5ccc(Cl)cc5F)n4)CC3)n2CC2CCO2)s1. The molecule has 0 radical (unpaired) electrons. The van der Waals surface area contributed by atoms with Crippen LogP contribution < -0.4 is 9.64 Å². The molecule has 1 N–H and O–H groups in total. The fraction of sp³-hybridized carbons (Fsp3) is 0.370. The van der Waals surface area contributed by atoms with Crippen molar-refractivity contribution in [2.75, 3.05) is 37.7 Å². The second kappa shape index (κ2) is 11.1. The number of rotatable bonds is 9. The first-order valence-corrected chi connectivity index (χ1v) is 14.0. The minimum Gasteiger partial charge on any atom is -0.477 e. The zero-order chi connectivity index (χ0) is 26.9. The molecule has 0 spiro atoms. The van der Waals surface area contributed by atoms with Gasteiger partial charge >= 0.3 is 5.97 Å². The number of carboxylic acid groups (broad SMARTS) is 1. The van der Waals surface area contributed by atoms with Gasteiger partial charge in [0, 0.05) is 49.4 Å². The number of carbonyl (C=O) groups is 1. The number of thiophene rings is 1. The second-order valence-electron chi connectivity index (χ2n) is 9.65. The predicted molar refractivity (Wildman–Crippen MR) is 146 cm³/mol. The number of aromatic nitrogens is 3. The van der Waals surface area contributed by atoms with Gasteiger partial charge in [-0.3, -0.25) is 4.90 Å². The smallest absolute Gasteiger partial charge is 0.346 e. The van der Waals surface area contributed by atoms with Gasteiger partial charge in [0.25, 0.3) is 0 Å². The van der Waals surface area contributed by atoms with Crippen LogP contribution in [0.1, 0.15) is 27.5 Å². The summed E-state index contributed by atoms with van der Waals surface area (Å²) in [5.41, 5.74) is 1.28. The topological polar surface area (TPSA) is 93.0 Å². The van der Waals surface area contributed by atoms with Crippen LogP contribution in [0, 0.1) is 5.82 Å². The first kappa shape index (κ1) is 26.0. The molecular weight excluding hydrogens is 545 g/mol. The molecule has 1 aromatic carbocycles. The van der Waals surface area contributed by atoms with E-state index in [1.165, 1.54) is 17.4 Å². The Hall–Kier alpha value is -3.25. The number of hydrogen-bond donors (Lipinski definition) is 1. The molecule has 204 valence electrons. The van der Waals surface area contributed by atoms with Crippen LogP contribution in [-0.2, 0) is 24.4 Å². The van der Waals surface area contributed by atoms with Crippen LogP contribution >= 0.6 is 22.9 Å². The van der Waals surface area contributed by atoms with Gasteiger partial charge in [-0.25, -0.2) is 14.2 Å². The van der Waals surface area contributed by atoms with E-state index in [2.05, 4.69) is 19.4 Å². The maximum atomic E-state index is 14.1. The molecular formula is C27H27ClFN5O4S. The Morgan fingerprint density at radius 2 is 2.00 bits per heavy atom. The van der Waals surface area contributed by atoms with Crippen LogP contribution in [0.2, 0.25) is 5.02 Å². The Balaban J connectivity index is 1.09. The number of ether oxygens (including phenoxy) is 2. The number of pyridine rings is 1. The van der Waals surface area contributed by atoms with Crippen LogP contribution in [0.15, 0.2) is 42.5 Å². The molecule has 0 aliphatic carbocycles. The number of hydrogen-bond acceptors (Lipinski definition) is 8. The van der Waals surface area contributed by atoms with E-state index in [-0.39, 0.29) is 12.7 Å². The Labute approximate surface area is 233 Å². The summed E-state index contributed by atoms with van der Waals surface area (Å²) in [6.45, 7) is 5.40. The van der Waals surface area contributed by atoms with Crippen molar-refractivity contribution >= 4 is 45.1 Å². The van der Waals surface area contributed by atoms with Crippen LogP contribution in [0.25, 0.3) is 10.3 Å². The molecule has 39 heavy (non-hydrogen) atoms. The van der Waals surface area contributed by atoms with E-state index >= 15 is 0 Å². The predicted octanol–water partition coefficient (Wildman–Crippen LogP) is 4.67. The van der Waals surface area contributed by atoms with E-state index in [4.69, 9.17) is 26.1 Å². The fourth-order valence-corrected chi connectivity index (χ4v) is 5.86. The summed E-state index contributed by atoms with van der Waals surface area (Å²) in [6.07, 6.45) is 1.14. The van der Waals surface area contributed by atoms with Crippen molar-refractivity contribution in [3.05, 3.63) is 69.6 Å². The number of imidazole rings is 1. The Morgan fingerprint density at radius 3 is 2.72 bits per heavy atom. The molecule has 12 heteroatoms. The average molecular weight is 572 g/mol. The summed E-state index contributed by atoms with van der Waals surface area (Å²) in [5.74, 6) is 0.847. The van der Waals surface area contributed by atoms with E-state index in [0.717, 1.165) is 61.2 Å². The van der Waals surface area contributed by atoms with Crippen molar-refractivity contribution < 1.29 is 23.8 Å². The molecule has 0 saturated carbocycles. The summed E-state index contributed by atoms with van der Waals surface area (Å²) >= 11 is 7.04. The van der Waals surface area contributed by atoms with Crippen LogP contribution in [0.5, 0.6) is 5.88 Å². The first-order valence-electron chi connectivity index (χ1n) is 12.8. The summed E-state index contributed by atoms with van der Waals surface area (Å²) < 4.78 is 27.6. The Bertz CT molecular complexity index is 1500. The fourth-order valence-electron chi connectivity index (χ4n) is 4.81. The normalized spacial score (nSPS) is 17.9. The summed E-state index contributed by atoms with van der Waals surface area (Å²) in [5, 5.41) is 9.75. The zero-order valence-corrected chi connectivity index (χ0v) is 22.6. The van der Waals surface area contributed by atoms with Crippen molar-refractivity contribution in [1.82, 2.24) is 19.4 Å². The van der Waals surface area contributed by atoms with Crippen molar-refractivity contribution in [3.8, 4) is 5.88 Å². The highest BCUT2D eigenvalue weighted by Gasteiger charge is 2.26. The molecule has 3 aromatic heterocycles. The minimum absolute atomic E-state index is 0.0667. The largest absolute Gasteiger partial charge is 0.477 e. The van der Waals surface area contributed by atoms with Gasteiger partial charge in [-0.15, -0.1) is 11.3 Å². The molecule has 5 heterocycles. The highest BCUT2D eigenvalue weighted by Crippen LogP contribution is 2.29. The van der Waals surface area contributed by atoms with Gasteiger partial charge in [-0.1, -0.05) is 23.7 Å². The van der Waals surface area contributed by atoms with Gasteiger partial charge in [0.15, 0.2) is 0 Å². The van der Waals surface area contributed by atoms with E-state index < -0.39 is 11.8 Å². The van der Waals surface area contributed by atoms with Crippen LogP contribution in [0.3, 0.4) is 0 Å². The molecule has 9 nitrogen and oxygen atoms in total. The highest BCUT2D eigenvalue weighted by molar-refractivity contribution is 7.20. The summed E-state index contributed by atoms with van der Waals surface area (Å²) in [6, 6.07) is 11.8. The lowest BCUT2D eigenvalue weighted by Gasteiger charge is -2.35. The van der Waals surface area contributed by atoms with Crippen LogP contribution in [-0.4, -0.2) is 69.4 Å². The van der Waals surface area contributed by atoms with Crippen molar-refractivity contribution in [2.45, 2.75) is 32.2 Å².